The number of hydrogen-bond acceptors (Lipinski definition) is 3. The standard InChI is InChI=1S/C16H32N2S/c1-3-5-11-17-13-7-9-15-19-16-10-8-14-18-12-6-4-2/h9-10,15-18H,3-8,11-14H2,1-2H3. The third kappa shape index (κ3) is 17.8. The zero-order valence-electron chi connectivity index (χ0n) is 12.8. The minimum absolute atomic E-state index is 1.10. The largest absolute Gasteiger partial charge is 0.316 e. The molecule has 112 valence electrons. The van der Waals surface area contributed by atoms with Crippen LogP contribution in [0.1, 0.15) is 52.4 Å². The zero-order chi connectivity index (χ0) is 14.0. The highest BCUT2D eigenvalue weighted by atomic mass is 32.2. The maximum absolute atomic E-state index is 3.44. The van der Waals surface area contributed by atoms with Crippen LogP contribution in [0, 0.1) is 0 Å². The molecule has 0 unspecified atom stereocenters. The Morgan fingerprint density at radius 3 is 1.63 bits per heavy atom. The van der Waals surface area contributed by atoms with E-state index in [2.05, 4.69) is 47.4 Å². The molecule has 19 heavy (non-hydrogen) atoms. The van der Waals surface area contributed by atoms with Crippen LogP contribution < -0.4 is 10.6 Å². The predicted molar refractivity (Wildman–Crippen MR) is 90.7 cm³/mol. The Hall–Kier alpha value is -0.250. The van der Waals surface area contributed by atoms with Crippen LogP contribution in [-0.4, -0.2) is 26.2 Å². The summed E-state index contributed by atoms with van der Waals surface area (Å²) in [4.78, 5) is 0. The van der Waals surface area contributed by atoms with E-state index in [0.29, 0.717) is 0 Å². The first kappa shape index (κ1) is 18.8. The lowest BCUT2D eigenvalue weighted by Crippen LogP contribution is -2.15. The van der Waals surface area contributed by atoms with Gasteiger partial charge >= 0.3 is 0 Å². The van der Waals surface area contributed by atoms with Crippen LogP contribution >= 0.6 is 11.8 Å². The molecule has 0 fully saturated rings. The SMILES string of the molecule is CCCCNCCC=CSC=CCCNCCCC. The van der Waals surface area contributed by atoms with Crippen LogP contribution in [0.2, 0.25) is 0 Å². The smallest absolute Gasteiger partial charge is 0.00140 e. The Morgan fingerprint density at radius 1 is 0.737 bits per heavy atom. The lowest BCUT2D eigenvalue weighted by Gasteiger charge is -1.99. The van der Waals surface area contributed by atoms with Crippen molar-refractivity contribution in [2.75, 3.05) is 26.2 Å². The molecule has 2 nitrogen and oxygen atoms in total. The van der Waals surface area contributed by atoms with Gasteiger partial charge in [0.05, 0.1) is 0 Å². The van der Waals surface area contributed by atoms with Crippen LogP contribution in [0.5, 0.6) is 0 Å². The van der Waals surface area contributed by atoms with Gasteiger partial charge in [0.1, 0.15) is 0 Å². The molecule has 0 spiro atoms. The third-order valence-electron chi connectivity index (χ3n) is 2.74. The average molecular weight is 285 g/mol. The van der Waals surface area contributed by atoms with E-state index in [-0.39, 0.29) is 0 Å². The number of hydrogen-bond donors (Lipinski definition) is 2. The van der Waals surface area contributed by atoms with Crippen LogP contribution in [0.25, 0.3) is 0 Å². The van der Waals surface area contributed by atoms with Gasteiger partial charge in [0, 0.05) is 0 Å². The number of rotatable bonds is 14. The van der Waals surface area contributed by atoms with Gasteiger partial charge in [-0.2, -0.15) is 0 Å². The van der Waals surface area contributed by atoms with E-state index >= 15 is 0 Å². The van der Waals surface area contributed by atoms with Crippen LogP contribution in [-0.2, 0) is 0 Å². The summed E-state index contributed by atoms with van der Waals surface area (Å²) >= 11 is 1.77. The van der Waals surface area contributed by atoms with Crippen LogP contribution in [0.3, 0.4) is 0 Å². The fraction of sp³-hybridized carbons (Fsp3) is 0.750. The summed E-state index contributed by atoms with van der Waals surface area (Å²) in [6.45, 7) is 8.96. The van der Waals surface area contributed by atoms with E-state index in [1.807, 2.05) is 0 Å². The zero-order valence-corrected chi connectivity index (χ0v) is 13.6. The molecule has 0 heterocycles. The minimum Gasteiger partial charge on any atom is -0.316 e. The fourth-order valence-corrected chi connectivity index (χ4v) is 2.10. The molecular formula is C16H32N2S. The van der Waals surface area contributed by atoms with Crippen molar-refractivity contribution in [3.8, 4) is 0 Å². The highest BCUT2D eigenvalue weighted by Crippen LogP contribution is 2.04. The van der Waals surface area contributed by atoms with E-state index in [9.17, 15) is 0 Å². The first-order chi connectivity index (χ1) is 9.41. The molecule has 0 bridgehead atoms. The molecule has 0 aromatic rings. The number of nitrogens with one attached hydrogen (secondary N) is 2. The number of thioether (sulfide) groups is 1. The van der Waals surface area contributed by atoms with Gasteiger partial charge in [-0.3, -0.25) is 0 Å². The van der Waals surface area contributed by atoms with Crippen molar-refractivity contribution in [2.24, 2.45) is 0 Å². The Morgan fingerprint density at radius 2 is 1.21 bits per heavy atom. The highest BCUT2D eigenvalue weighted by Gasteiger charge is 1.85. The third-order valence-corrected chi connectivity index (χ3v) is 3.44. The van der Waals surface area contributed by atoms with Crippen molar-refractivity contribution < 1.29 is 0 Å². The normalized spacial score (nSPS) is 11.9. The quantitative estimate of drug-likeness (QED) is 0.465. The second kappa shape index (κ2) is 17.8. The van der Waals surface area contributed by atoms with E-state index < -0.39 is 0 Å². The lowest BCUT2D eigenvalue weighted by atomic mass is 10.3. The van der Waals surface area contributed by atoms with Gasteiger partial charge < -0.3 is 10.6 Å². The second-order valence-corrected chi connectivity index (χ2v) is 5.48. The first-order valence-electron chi connectivity index (χ1n) is 7.78. The molecule has 3 heteroatoms. The van der Waals surface area contributed by atoms with Crippen LogP contribution in [0.4, 0.5) is 0 Å². The van der Waals surface area contributed by atoms with Gasteiger partial charge in [-0.1, -0.05) is 38.8 Å². The molecule has 2 N–H and O–H groups in total. The number of unbranched alkanes of at least 4 members (excludes halogenated alkanes) is 2. The predicted octanol–water partition coefficient (Wildman–Crippen LogP) is 4.31. The summed E-state index contributed by atoms with van der Waals surface area (Å²) in [5, 5.41) is 11.2. The maximum Gasteiger partial charge on any atom is -0.00140 e. The van der Waals surface area contributed by atoms with E-state index in [1.54, 1.807) is 11.8 Å². The van der Waals surface area contributed by atoms with Crippen molar-refractivity contribution in [2.45, 2.75) is 52.4 Å². The van der Waals surface area contributed by atoms with Gasteiger partial charge in [-0.15, -0.1) is 11.8 Å². The fourth-order valence-electron chi connectivity index (χ4n) is 1.52. The Kier molecular flexibility index (Phi) is 17.5. The molecule has 0 saturated heterocycles. The second-order valence-electron chi connectivity index (χ2n) is 4.66. The van der Waals surface area contributed by atoms with Gasteiger partial charge in [0.25, 0.3) is 0 Å². The van der Waals surface area contributed by atoms with E-state index in [4.69, 9.17) is 0 Å². The molecule has 0 saturated carbocycles. The van der Waals surface area contributed by atoms with Crippen molar-refractivity contribution in [3.05, 3.63) is 23.0 Å². The Balaban J connectivity index is 3.14. The van der Waals surface area contributed by atoms with Crippen LogP contribution in [0.15, 0.2) is 23.0 Å². The molecule has 0 radical (unpaired) electrons. The summed E-state index contributed by atoms with van der Waals surface area (Å²) in [5.41, 5.74) is 0. The highest BCUT2D eigenvalue weighted by molar-refractivity contribution is 8.04. The summed E-state index contributed by atoms with van der Waals surface area (Å²) in [7, 11) is 0. The average Bonchev–Trinajstić information content (AvgIpc) is 2.43. The molecule has 0 aliphatic rings. The summed E-state index contributed by atoms with van der Waals surface area (Å²) in [6.07, 6.45) is 11.9. The summed E-state index contributed by atoms with van der Waals surface area (Å²) in [6, 6.07) is 0. The molecule has 0 aromatic heterocycles. The van der Waals surface area contributed by atoms with E-state index in [1.165, 1.54) is 25.7 Å². The lowest BCUT2D eigenvalue weighted by molar-refractivity contribution is 0.645. The molecule has 0 aliphatic carbocycles. The molecule has 0 aromatic carbocycles. The van der Waals surface area contributed by atoms with Crippen molar-refractivity contribution in [1.29, 1.82) is 0 Å². The van der Waals surface area contributed by atoms with Gasteiger partial charge in [0.2, 0.25) is 0 Å². The maximum atomic E-state index is 3.44. The van der Waals surface area contributed by atoms with Crippen molar-refractivity contribution in [1.82, 2.24) is 10.6 Å². The minimum atomic E-state index is 1.10. The molecular weight excluding hydrogens is 252 g/mol. The summed E-state index contributed by atoms with van der Waals surface area (Å²) in [5.74, 6) is 0. The molecule has 0 aliphatic heterocycles. The van der Waals surface area contributed by atoms with Gasteiger partial charge in [-0.25, -0.2) is 0 Å². The summed E-state index contributed by atoms with van der Waals surface area (Å²) < 4.78 is 0. The Labute approximate surface area is 124 Å². The van der Waals surface area contributed by atoms with E-state index in [0.717, 1.165) is 39.0 Å². The van der Waals surface area contributed by atoms with Gasteiger partial charge in [-0.05, 0) is 62.7 Å². The molecule has 0 rings (SSSR count). The van der Waals surface area contributed by atoms with Crippen molar-refractivity contribution >= 4 is 11.8 Å². The van der Waals surface area contributed by atoms with Crippen molar-refractivity contribution in [3.63, 3.8) is 0 Å². The molecule has 0 atom stereocenters. The van der Waals surface area contributed by atoms with Gasteiger partial charge in [0.15, 0.2) is 0 Å². The topological polar surface area (TPSA) is 24.1 Å². The first-order valence-corrected chi connectivity index (χ1v) is 8.73. The monoisotopic (exact) mass is 284 g/mol. The molecule has 0 amide bonds. The Bertz CT molecular complexity index is 193.